The molecule has 4 bridgehead atoms. The van der Waals surface area contributed by atoms with Crippen LogP contribution < -0.4 is 10.6 Å². The monoisotopic (exact) mass is 654 g/mol. The second-order valence-corrected chi connectivity index (χ2v) is 45.9. The molecule has 0 amide bonds. The van der Waals surface area contributed by atoms with Crippen molar-refractivity contribution < 1.29 is 6.51 Å². The van der Waals surface area contributed by atoms with Gasteiger partial charge in [0.05, 0.1) is 0 Å². The van der Waals surface area contributed by atoms with E-state index in [4.69, 9.17) is 0 Å². The Morgan fingerprint density at radius 2 is 1.30 bits per heavy atom. The van der Waals surface area contributed by atoms with Gasteiger partial charge in [-0.2, -0.15) is 0 Å². The normalized spacial score (nSPS) is 81.5. The number of rotatable bonds is 6. The summed E-state index contributed by atoms with van der Waals surface area (Å²) in [6.45, 7) is -1.68. The number of benzene rings is 1. The van der Waals surface area contributed by atoms with Crippen molar-refractivity contribution in [1.29, 1.82) is 0 Å². The Bertz CT molecular complexity index is 1950. The Morgan fingerprint density at radius 1 is 0.744 bits per heavy atom. The topological polar surface area (TPSA) is 24.1 Å². The molecule has 1 spiro atoms. The van der Waals surface area contributed by atoms with Gasteiger partial charge in [-0.25, -0.2) is 0 Å². The van der Waals surface area contributed by atoms with Gasteiger partial charge in [0.2, 0.25) is 0 Å². The van der Waals surface area contributed by atoms with E-state index in [0.717, 1.165) is 48.7 Å². The van der Waals surface area contributed by atoms with E-state index in [2.05, 4.69) is 59.4 Å². The molecule has 9 atom stereocenters. The van der Waals surface area contributed by atoms with Gasteiger partial charge in [-0.3, -0.25) is 0 Å². The summed E-state index contributed by atoms with van der Waals surface area (Å²) in [5, 5.41) is 9.23. The molecule has 43 heavy (non-hydrogen) atoms. The minimum atomic E-state index is -4.25. The van der Waals surface area contributed by atoms with Crippen LogP contribution in [0.1, 0.15) is 76.2 Å². The summed E-state index contributed by atoms with van der Waals surface area (Å²) in [4.78, 5) is 9.05. The average Bonchev–Trinajstić information content (AvgIpc) is 4.00. The van der Waals surface area contributed by atoms with Crippen LogP contribution in [-0.2, 0) is 10.8 Å². The summed E-state index contributed by atoms with van der Waals surface area (Å²) < 4.78 is 2.37. The van der Waals surface area contributed by atoms with E-state index >= 15 is 0 Å². The Labute approximate surface area is 253 Å². The fourth-order valence-corrected chi connectivity index (χ4v) is 115. The average molecular weight is 655 g/mol. The van der Waals surface area contributed by atoms with Crippen molar-refractivity contribution in [3.63, 3.8) is 0 Å². The molecule has 12 heterocycles. The summed E-state index contributed by atoms with van der Waals surface area (Å²) in [5.74, 6) is 4.36. The van der Waals surface area contributed by atoms with Crippen molar-refractivity contribution in [2.75, 3.05) is 19.3 Å². The fourth-order valence-electron chi connectivity index (χ4n) is 29.3. The van der Waals surface area contributed by atoms with Gasteiger partial charge in [0.1, 0.15) is 0 Å². The Hall–Kier alpha value is 0.519. The van der Waals surface area contributed by atoms with E-state index in [1.807, 2.05) is 5.56 Å². The van der Waals surface area contributed by atoms with E-state index in [9.17, 15) is 0 Å². The van der Waals surface area contributed by atoms with Crippen LogP contribution in [0.4, 0.5) is 0 Å². The van der Waals surface area contributed by atoms with Crippen molar-refractivity contribution in [3.05, 3.63) is 35.9 Å². The molecule has 9 unspecified atom stereocenters. The number of hydrogen-bond acceptors (Lipinski definition) is 2. The van der Waals surface area contributed by atoms with Crippen molar-refractivity contribution in [3.8, 4) is 0 Å². The third kappa shape index (κ3) is 0.620. The van der Waals surface area contributed by atoms with Crippen LogP contribution in [0.5, 0.6) is 0 Å². The van der Waals surface area contributed by atoms with Crippen molar-refractivity contribution in [1.82, 2.24) is 10.6 Å². The molecule has 232 valence electrons. The van der Waals surface area contributed by atoms with Crippen molar-refractivity contribution in [2.45, 2.75) is 135 Å². The molecule has 4 aliphatic carbocycles. The molecule has 0 aromatic heterocycles. The second-order valence-electron chi connectivity index (χ2n) is 21.7. The number of fused-ring (bicyclic) bond motifs is 11. The first-order chi connectivity index (χ1) is 20.9. The first-order valence-corrected chi connectivity index (χ1v) is 26.6. The van der Waals surface area contributed by atoms with E-state index in [1.165, 1.54) is 91.5 Å². The molecule has 0 radical (unpaired) electrons. The third-order valence-electron chi connectivity index (χ3n) is 26.2. The third-order valence-corrected chi connectivity index (χ3v) is 72.0. The predicted molar refractivity (Wildman–Crippen MR) is 178 cm³/mol. The zero-order chi connectivity index (χ0) is 27.7. The summed E-state index contributed by atoms with van der Waals surface area (Å²) in [6, 6.07) is 14.3. The van der Waals surface area contributed by atoms with Gasteiger partial charge in [-0.15, -0.1) is 0 Å². The molecule has 16 aliphatic rings. The molecule has 2 nitrogen and oxygen atoms in total. The predicted octanol–water partition coefficient (Wildman–Crippen LogP) is 8.44. The van der Waals surface area contributed by atoms with Gasteiger partial charge in [0.15, 0.2) is 0 Å². The van der Waals surface area contributed by atoms with Crippen LogP contribution in [0.15, 0.2) is 30.3 Å². The SMILES string of the molecule is PCC1([C]23[CH]4[C]5(c6ccccc6)[CH]6[C]2(C(P)(C2CCCCN2)C2CCCCN2)[Fe]64532789[CH]3[CH]2[CH]7[CH]8[CH]39)C2CC3CC(C2)CC1C3. The number of nitrogens with one attached hydrogen (secondary N) is 2. The first kappa shape index (κ1) is 23.0. The Balaban J connectivity index is 1.07. The van der Waals surface area contributed by atoms with Crippen LogP contribution in [0.25, 0.3) is 0 Å². The summed E-state index contributed by atoms with van der Waals surface area (Å²) in [6.07, 6.45) is 18.4. The fraction of sp³-hybridized carbons (Fsp3) is 0.842. The standard InChI is InChI=1S/C33H47N2P2.C5H5.Fe/c36-21-32(26-15-22-14-23(17-26)18-27(32)16-22)28-19-25(24-8-2-1-3-9-24)20-29(28)33(37,30-10-4-6-12-34-30)31-11-5-7-13-35-31;1-2-4-5-3-1;/h1-3,8-9,19-20,22-23,26-27,30-31,34-35H,4-7,10-18,21,36-37H2;1-5H;. The van der Waals surface area contributed by atoms with Gasteiger partial charge in [-0.1, -0.05) is 0 Å². The van der Waals surface area contributed by atoms with Gasteiger partial charge >= 0.3 is 254 Å². The van der Waals surface area contributed by atoms with Crippen molar-refractivity contribution >= 4 is 18.5 Å². The van der Waals surface area contributed by atoms with E-state index in [1.54, 1.807) is 32.1 Å². The van der Waals surface area contributed by atoms with E-state index < -0.39 is 6.51 Å². The van der Waals surface area contributed by atoms with Crippen LogP contribution in [0, 0.1) is 29.1 Å². The van der Waals surface area contributed by atoms with Gasteiger partial charge in [0.25, 0.3) is 0 Å². The molecule has 2 N–H and O–H groups in total. The maximum atomic E-state index is 4.41. The summed E-state index contributed by atoms with van der Waals surface area (Å²) >= 11 is 0. The van der Waals surface area contributed by atoms with E-state index in [0.29, 0.717) is 10.6 Å². The summed E-state index contributed by atoms with van der Waals surface area (Å²) in [5.41, 5.74) is 2.64. The molecule has 1 aromatic rings. The summed E-state index contributed by atoms with van der Waals surface area (Å²) in [7, 11) is 7.64. The quantitative estimate of drug-likeness (QED) is 0.238. The number of hydrogen-bond donors (Lipinski definition) is 2. The second kappa shape index (κ2) is 3.82. The molecule has 16 fully saturated rings. The van der Waals surface area contributed by atoms with Crippen LogP contribution in [0.2, 0.25) is 42.3 Å². The van der Waals surface area contributed by atoms with Crippen LogP contribution >= 0.6 is 18.5 Å². The molecule has 12 aliphatic heterocycles. The van der Waals surface area contributed by atoms with Crippen LogP contribution in [-0.4, -0.2) is 36.5 Å². The molecule has 1 aromatic carbocycles. The van der Waals surface area contributed by atoms with Gasteiger partial charge in [-0.05, 0) is 0 Å². The maximum absolute atomic E-state index is 4.41. The molecule has 12 saturated heterocycles. The van der Waals surface area contributed by atoms with Gasteiger partial charge < -0.3 is 0 Å². The Kier molecular flexibility index (Phi) is 2.04. The Morgan fingerprint density at radius 3 is 1.77 bits per heavy atom. The minimum absolute atomic E-state index is 0.404. The zero-order valence-corrected chi connectivity index (χ0v) is 29.2. The number of piperidine rings is 2. The molecule has 5 heteroatoms. The van der Waals surface area contributed by atoms with Gasteiger partial charge in [0, 0.05) is 0 Å². The molecule has 4 saturated carbocycles. The van der Waals surface area contributed by atoms with Crippen molar-refractivity contribution in [2.24, 2.45) is 29.1 Å². The molecule has 17 rings (SSSR count). The van der Waals surface area contributed by atoms with E-state index in [-0.39, 0.29) is 0 Å². The molecular weight excluding hydrogens is 602 g/mol. The first-order valence-electron chi connectivity index (χ1n) is 19.1. The van der Waals surface area contributed by atoms with Crippen LogP contribution in [0.3, 0.4) is 0 Å². The zero-order valence-electron chi connectivity index (χ0n) is 25.8. The molecular formula is C38H52FeN2P2.